The molecule has 33 heavy (non-hydrogen) atoms. The molecule has 5 rings (SSSR count). The highest BCUT2D eigenvalue weighted by molar-refractivity contribution is 5.82. The summed E-state index contributed by atoms with van der Waals surface area (Å²) in [7, 11) is 1.64. The van der Waals surface area contributed by atoms with Gasteiger partial charge in [-0.1, -0.05) is 12.1 Å². The molecular weight excluding hydrogens is 433 g/mol. The molecule has 0 unspecified atom stereocenters. The number of nitrogens with one attached hydrogen (secondary N) is 1. The molecule has 1 aromatic carbocycles. The first-order valence-electron chi connectivity index (χ1n) is 11.0. The lowest BCUT2D eigenvalue weighted by atomic mass is 9.96. The van der Waals surface area contributed by atoms with Crippen molar-refractivity contribution in [2.45, 2.75) is 25.6 Å². The van der Waals surface area contributed by atoms with Gasteiger partial charge in [0.1, 0.15) is 5.82 Å². The molecule has 0 radical (unpaired) electrons. The summed E-state index contributed by atoms with van der Waals surface area (Å²) in [6.45, 7) is 2.98. The van der Waals surface area contributed by atoms with Gasteiger partial charge in [-0.3, -0.25) is 4.79 Å². The molecule has 7 nitrogen and oxygen atoms in total. The Kier molecular flexibility index (Phi) is 5.48. The average Bonchev–Trinajstić information content (AvgIpc) is 3.08. The maximum Gasteiger partial charge on any atom is 0.416 e. The van der Waals surface area contributed by atoms with Crippen molar-refractivity contribution in [1.29, 1.82) is 0 Å². The van der Waals surface area contributed by atoms with E-state index in [2.05, 4.69) is 15.3 Å². The molecule has 4 heterocycles. The van der Waals surface area contributed by atoms with E-state index < -0.39 is 11.7 Å². The molecule has 0 saturated carbocycles. The summed E-state index contributed by atoms with van der Waals surface area (Å²) in [4.78, 5) is 21.4. The number of benzene rings is 1. The van der Waals surface area contributed by atoms with E-state index in [1.807, 2.05) is 10.6 Å². The molecule has 0 atom stereocenters. The maximum atomic E-state index is 13.0. The molecular formula is C23H25F3N6O. The average molecular weight is 458 g/mol. The summed E-state index contributed by atoms with van der Waals surface area (Å²) < 4.78 is 40.8. The minimum Gasteiger partial charge on any atom is -0.354 e. The minimum absolute atomic E-state index is 0.0674. The monoisotopic (exact) mass is 458 g/mol. The summed E-state index contributed by atoms with van der Waals surface area (Å²) in [5.74, 6) is 0.717. The molecule has 1 fully saturated rings. The number of nitrogens with zero attached hydrogens (tertiary/aromatic N) is 5. The summed E-state index contributed by atoms with van der Waals surface area (Å²) in [5, 5.41) is 7.86. The van der Waals surface area contributed by atoms with Gasteiger partial charge >= 0.3 is 6.18 Å². The van der Waals surface area contributed by atoms with E-state index in [0.717, 1.165) is 55.2 Å². The Morgan fingerprint density at radius 2 is 2.00 bits per heavy atom. The van der Waals surface area contributed by atoms with Gasteiger partial charge in [-0.05, 0) is 30.7 Å². The van der Waals surface area contributed by atoms with Gasteiger partial charge in [0.05, 0.1) is 23.4 Å². The van der Waals surface area contributed by atoms with Crippen LogP contribution in [-0.2, 0) is 30.4 Å². The number of hydrogen-bond donors (Lipinski definition) is 1. The van der Waals surface area contributed by atoms with Crippen LogP contribution in [0.1, 0.15) is 22.4 Å². The first-order valence-corrected chi connectivity index (χ1v) is 11.0. The molecule has 2 aliphatic heterocycles. The first kappa shape index (κ1) is 21.7. The van der Waals surface area contributed by atoms with Crippen molar-refractivity contribution in [2.24, 2.45) is 5.92 Å². The van der Waals surface area contributed by atoms with Gasteiger partial charge in [0, 0.05) is 51.3 Å². The molecule has 1 N–H and O–H groups in total. The van der Waals surface area contributed by atoms with Gasteiger partial charge < -0.3 is 15.1 Å². The van der Waals surface area contributed by atoms with Crippen molar-refractivity contribution in [2.75, 3.05) is 38.1 Å². The number of anilines is 1. The Hall–Kier alpha value is -3.14. The van der Waals surface area contributed by atoms with Crippen LogP contribution < -0.4 is 10.2 Å². The Balaban J connectivity index is 1.30. The van der Waals surface area contributed by atoms with Gasteiger partial charge in [-0.2, -0.15) is 22.8 Å². The highest BCUT2D eigenvalue weighted by atomic mass is 19.4. The van der Waals surface area contributed by atoms with Crippen molar-refractivity contribution in [3.63, 3.8) is 0 Å². The van der Waals surface area contributed by atoms with Crippen LogP contribution in [0.5, 0.6) is 0 Å². The van der Waals surface area contributed by atoms with E-state index in [0.29, 0.717) is 18.7 Å². The van der Waals surface area contributed by atoms with Crippen molar-refractivity contribution in [3.05, 3.63) is 58.9 Å². The zero-order chi connectivity index (χ0) is 23.2. The number of amides is 1. The predicted octanol–water partition coefficient (Wildman–Crippen LogP) is 2.53. The Morgan fingerprint density at radius 1 is 1.21 bits per heavy atom. The number of carbonyl (C=O) groups is 1. The third-order valence-corrected chi connectivity index (χ3v) is 6.36. The Labute approximate surface area is 189 Å². The zero-order valence-electron chi connectivity index (χ0n) is 18.3. The van der Waals surface area contributed by atoms with Crippen LogP contribution in [0.4, 0.5) is 19.0 Å². The quantitative estimate of drug-likeness (QED) is 0.651. The highest BCUT2D eigenvalue weighted by Gasteiger charge is 2.38. The second kappa shape index (κ2) is 8.33. The minimum atomic E-state index is -4.40. The van der Waals surface area contributed by atoms with Gasteiger partial charge in [0.15, 0.2) is 5.65 Å². The van der Waals surface area contributed by atoms with E-state index >= 15 is 0 Å². The number of rotatable bonds is 4. The van der Waals surface area contributed by atoms with Gasteiger partial charge in [0.25, 0.3) is 0 Å². The van der Waals surface area contributed by atoms with Gasteiger partial charge in [-0.25, -0.2) is 4.98 Å². The topological polar surface area (TPSA) is 65.8 Å². The fourth-order valence-electron chi connectivity index (χ4n) is 4.66. The lowest BCUT2D eigenvalue weighted by molar-refractivity contribution is -0.137. The number of fused-ring (bicyclic) bond motifs is 2. The van der Waals surface area contributed by atoms with Crippen molar-refractivity contribution in [3.8, 4) is 0 Å². The van der Waals surface area contributed by atoms with Crippen LogP contribution in [0, 0.1) is 5.92 Å². The van der Waals surface area contributed by atoms with E-state index in [9.17, 15) is 18.0 Å². The molecule has 2 aromatic heterocycles. The number of hydrogen-bond acceptors (Lipinski definition) is 5. The predicted molar refractivity (Wildman–Crippen MR) is 117 cm³/mol. The van der Waals surface area contributed by atoms with Crippen molar-refractivity contribution >= 4 is 17.4 Å². The summed E-state index contributed by atoms with van der Waals surface area (Å²) >= 11 is 0. The number of halogens is 3. The van der Waals surface area contributed by atoms with E-state index in [-0.39, 0.29) is 18.4 Å². The smallest absolute Gasteiger partial charge is 0.354 e. The van der Waals surface area contributed by atoms with Gasteiger partial charge in [0.2, 0.25) is 5.91 Å². The Morgan fingerprint density at radius 3 is 2.79 bits per heavy atom. The molecule has 1 saturated heterocycles. The molecule has 0 aliphatic carbocycles. The fraction of sp³-hybridized carbons (Fsp3) is 0.435. The normalized spacial score (nSPS) is 16.9. The highest BCUT2D eigenvalue weighted by Crippen LogP contribution is 2.33. The summed E-state index contributed by atoms with van der Waals surface area (Å²) in [6, 6.07) is 7.01. The van der Waals surface area contributed by atoms with E-state index in [1.165, 1.54) is 16.5 Å². The van der Waals surface area contributed by atoms with Crippen LogP contribution >= 0.6 is 0 Å². The standard InChI is InChI=1S/C23H25F3N6O/c1-30(12-15-3-2-4-17(11-15)23(24,25)26)22(33)16-13-31(14-16)21-18-5-8-27-9-6-19(18)29-20-7-10-28-32(20)21/h2-4,7,10-11,16,27H,5-6,8-9,12-14H2,1H3. The number of aromatic nitrogens is 3. The van der Waals surface area contributed by atoms with Crippen LogP contribution in [0.2, 0.25) is 0 Å². The zero-order valence-corrected chi connectivity index (χ0v) is 18.3. The molecule has 10 heteroatoms. The largest absolute Gasteiger partial charge is 0.416 e. The lowest BCUT2D eigenvalue weighted by Crippen LogP contribution is -2.54. The summed E-state index contributed by atoms with van der Waals surface area (Å²) in [5.41, 5.74) is 2.79. The van der Waals surface area contributed by atoms with E-state index in [1.54, 1.807) is 19.3 Å². The summed E-state index contributed by atoms with van der Waals surface area (Å²) in [6.07, 6.45) is -0.977. The maximum absolute atomic E-state index is 13.0. The molecule has 1 amide bonds. The molecule has 3 aromatic rings. The SMILES string of the molecule is CN(Cc1cccc(C(F)(F)F)c1)C(=O)C1CN(c2c3c(nc4ccnn24)CCNCC3)C1. The second-order valence-corrected chi connectivity index (χ2v) is 8.71. The molecule has 174 valence electrons. The van der Waals surface area contributed by atoms with Gasteiger partial charge in [-0.15, -0.1) is 0 Å². The van der Waals surface area contributed by atoms with E-state index in [4.69, 9.17) is 4.98 Å². The first-order chi connectivity index (χ1) is 15.8. The van der Waals surface area contributed by atoms with Crippen molar-refractivity contribution < 1.29 is 18.0 Å². The lowest BCUT2D eigenvalue weighted by Gasteiger charge is -2.42. The number of alkyl halides is 3. The van der Waals surface area contributed by atoms with Crippen LogP contribution in [0.3, 0.4) is 0 Å². The molecule has 2 aliphatic rings. The third kappa shape index (κ3) is 4.15. The van der Waals surface area contributed by atoms with Crippen molar-refractivity contribution in [1.82, 2.24) is 24.8 Å². The number of carbonyl (C=O) groups excluding carboxylic acids is 1. The molecule has 0 bridgehead atoms. The Bertz CT molecular complexity index is 1180. The fourth-order valence-corrected chi connectivity index (χ4v) is 4.66. The van der Waals surface area contributed by atoms with Crippen LogP contribution in [0.25, 0.3) is 5.65 Å². The van der Waals surface area contributed by atoms with Crippen LogP contribution in [-0.4, -0.2) is 58.6 Å². The van der Waals surface area contributed by atoms with Crippen LogP contribution in [0.15, 0.2) is 36.5 Å². The second-order valence-electron chi connectivity index (χ2n) is 8.71. The molecule has 0 spiro atoms. The third-order valence-electron chi connectivity index (χ3n) is 6.36.